The molecule has 1 atom stereocenters. The second-order valence-electron chi connectivity index (χ2n) is 4.19. The van der Waals surface area contributed by atoms with Gasteiger partial charge in [0.2, 0.25) is 0 Å². The average Bonchev–Trinajstić information content (AvgIpc) is 2.75. The van der Waals surface area contributed by atoms with Crippen LogP contribution in [0.5, 0.6) is 0 Å². The largest absolute Gasteiger partial charge is 0.465 e. The standard InChI is InChI=1S/C13H21NO2/c1-11(2)13(7-9-15)14-8-3-5-12-6-4-10-16-12/h3-6,10-11,13-15H,7-9H2,1-2H3/b5-3+. The van der Waals surface area contributed by atoms with E-state index >= 15 is 0 Å². The molecule has 0 aromatic carbocycles. The molecule has 3 heteroatoms. The van der Waals surface area contributed by atoms with Crippen LogP contribution in [-0.2, 0) is 0 Å². The lowest BCUT2D eigenvalue weighted by molar-refractivity contribution is 0.247. The maximum Gasteiger partial charge on any atom is 0.126 e. The van der Waals surface area contributed by atoms with E-state index in [0.717, 1.165) is 18.7 Å². The van der Waals surface area contributed by atoms with Crippen molar-refractivity contribution in [2.45, 2.75) is 26.3 Å². The molecule has 1 aromatic heterocycles. The predicted molar refractivity (Wildman–Crippen MR) is 66.1 cm³/mol. The van der Waals surface area contributed by atoms with Crippen LogP contribution in [0.1, 0.15) is 26.0 Å². The first kappa shape index (κ1) is 13.0. The third-order valence-electron chi connectivity index (χ3n) is 2.57. The number of aliphatic hydroxyl groups is 1. The average molecular weight is 223 g/mol. The number of aliphatic hydroxyl groups excluding tert-OH is 1. The van der Waals surface area contributed by atoms with Crippen molar-refractivity contribution in [1.29, 1.82) is 0 Å². The fourth-order valence-electron chi connectivity index (χ4n) is 1.59. The first-order valence-corrected chi connectivity index (χ1v) is 5.78. The van der Waals surface area contributed by atoms with Crippen LogP contribution in [-0.4, -0.2) is 24.3 Å². The first-order valence-electron chi connectivity index (χ1n) is 5.78. The molecular formula is C13H21NO2. The molecule has 0 aliphatic carbocycles. The molecule has 1 aromatic rings. The summed E-state index contributed by atoms with van der Waals surface area (Å²) in [5.74, 6) is 1.40. The lowest BCUT2D eigenvalue weighted by atomic mass is 10.0. The Morgan fingerprint density at radius 2 is 2.31 bits per heavy atom. The van der Waals surface area contributed by atoms with Gasteiger partial charge in [0.15, 0.2) is 0 Å². The third kappa shape index (κ3) is 4.64. The molecule has 16 heavy (non-hydrogen) atoms. The van der Waals surface area contributed by atoms with Crippen LogP contribution in [0.15, 0.2) is 28.9 Å². The van der Waals surface area contributed by atoms with Crippen molar-refractivity contribution in [3.63, 3.8) is 0 Å². The van der Waals surface area contributed by atoms with Crippen LogP contribution in [0.25, 0.3) is 6.08 Å². The topological polar surface area (TPSA) is 45.4 Å². The summed E-state index contributed by atoms with van der Waals surface area (Å²) in [5.41, 5.74) is 0. The van der Waals surface area contributed by atoms with E-state index < -0.39 is 0 Å². The minimum absolute atomic E-state index is 0.234. The summed E-state index contributed by atoms with van der Waals surface area (Å²) in [6, 6.07) is 4.16. The lowest BCUT2D eigenvalue weighted by Crippen LogP contribution is -2.34. The van der Waals surface area contributed by atoms with E-state index in [0.29, 0.717) is 12.0 Å². The molecule has 0 radical (unpaired) electrons. The van der Waals surface area contributed by atoms with Crippen LogP contribution < -0.4 is 5.32 Å². The van der Waals surface area contributed by atoms with E-state index in [9.17, 15) is 0 Å². The van der Waals surface area contributed by atoms with Gasteiger partial charge in [-0.3, -0.25) is 0 Å². The number of furan rings is 1. The first-order chi connectivity index (χ1) is 7.74. The van der Waals surface area contributed by atoms with Crippen LogP contribution in [0.2, 0.25) is 0 Å². The zero-order valence-electron chi connectivity index (χ0n) is 10.0. The second kappa shape index (κ2) is 7.25. The Hall–Kier alpha value is -1.06. The lowest BCUT2D eigenvalue weighted by Gasteiger charge is -2.20. The monoisotopic (exact) mass is 223 g/mol. The minimum atomic E-state index is 0.234. The number of hydrogen-bond acceptors (Lipinski definition) is 3. The van der Waals surface area contributed by atoms with Gasteiger partial charge < -0.3 is 14.8 Å². The van der Waals surface area contributed by atoms with Crippen molar-refractivity contribution in [3.8, 4) is 0 Å². The molecule has 0 fully saturated rings. The number of nitrogens with one attached hydrogen (secondary N) is 1. The molecule has 1 unspecified atom stereocenters. The van der Waals surface area contributed by atoms with Gasteiger partial charge in [-0.1, -0.05) is 19.9 Å². The van der Waals surface area contributed by atoms with E-state index in [4.69, 9.17) is 9.52 Å². The molecule has 90 valence electrons. The predicted octanol–water partition coefficient (Wildman–Crippen LogP) is 2.29. The third-order valence-corrected chi connectivity index (χ3v) is 2.57. The van der Waals surface area contributed by atoms with E-state index in [2.05, 4.69) is 19.2 Å². The Bertz CT molecular complexity index is 291. The molecule has 1 rings (SSSR count). The fraction of sp³-hybridized carbons (Fsp3) is 0.538. The fourth-order valence-corrected chi connectivity index (χ4v) is 1.59. The normalized spacial score (nSPS) is 13.8. The van der Waals surface area contributed by atoms with Crippen molar-refractivity contribution in [2.24, 2.45) is 5.92 Å². The highest BCUT2D eigenvalue weighted by atomic mass is 16.3. The van der Waals surface area contributed by atoms with Gasteiger partial charge in [0.05, 0.1) is 6.26 Å². The van der Waals surface area contributed by atoms with Crippen LogP contribution in [0.4, 0.5) is 0 Å². The summed E-state index contributed by atoms with van der Waals surface area (Å²) in [6.45, 7) is 5.34. The SMILES string of the molecule is CC(C)C(CCO)NC/C=C/c1ccco1. The molecule has 0 saturated heterocycles. The molecule has 0 saturated carbocycles. The molecular weight excluding hydrogens is 202 g/mol. The molecule has 0 aliphatic heterocycles. The van der Waals surface area contributed by atoms with Crippen molar-refractivity contribution in [2.75, 3.05) is 13.2 Å². The Morgan fingerprint density at radius 1 is 1.50 bits per heavy atom. The van der Waals surface area contributed by atoms with Gasteiger partial charge >= 0.3 is 0 Å². The summed E-state index contributed by atoms with van der Waals surface area (Å²) in [4.78, 5) is 0. The highest BCUT2D eigenvalue weighted by Gasteiger charge is 2.10. The van der Waals surface area contributed by atoms with Gasteiger partial charge in [-0.25, -0.2) is 0 Å². The number of hydrogen-bond donors (Lipinski definition) is 2. The van der Waals surface area contributed by atoms with E-state index in [1.807, 2.05) is 24.3 Å². The van der Waals surface area contributed by atoms with Gasteiger partial charge in [0.1, 0.15) is 5.76 Å². The van der Waals surface area contributed by atoms with Crippen molar-refractivity contribution < 1.29 is 9.52 Å². The summed E-state index contributed by atoms with van der Waals surface area (Å²) in [6.07, 6.45) is 6.44. The van der Waals surface area contributed by atoms with Gasteiger partial charge in [-0.15, -0.1) is 0 Å². The van der Waals surface area contributed by atoms with E-state index in [1.165, 1.54) is 0 Å². The van der Waals surface area contributed by atoms with Gasteiger partial charge in [0, 0.05) is 19.2 Å². The van der Waals surface area contributed by atoms with E-state index in [1.54, 1.807) is 6.26 Å². The van der Waals surface area contributed by atoms with Gasteiger partial charge in [-0.2, -0.15) is 0 Å². The summed E-state index contributed by atoms with van der Waals surface area (Å²) >= 11 is 0. The Morgan fingerprint density at radius 3 is 2.88 bits per heavy atom. The van der Waals surface area contributed by atoms with Gasteiger partial charge in [0.25, 0.3) is 0 Å². The highest BCUT2D eigenvalue weighted by molar-refractivity contribution is 5.42. The van der Waals surface area contributed by atoms with Crippen LogP contribution in [0, 0.1) is 5.92 Å². The minimum Gasteiger partial charge on any atom is -0.465 e. The Balaban J connectivity index is 2.27. The molecule has 0 bridgehead atoms. The van der Waals surface area contributed by atoms with Crippen LogP contribution >= 0.6 is 0 Å². The highest BCUT2D eigenvalue weighted by Crippen LogP contribution is 2.05. The Labute approximate surface area is 97.2 Å². The molecule has 1 heterocycles. The molecule has 0 aliphatic rings. The Kier molecular flexibility index (Phi) is 5.90. The molecule has 3 nitrogen and oxygen atoms in total. The molecule has 2 N–H and O–H groups in total. The number of rotatable bonds is 7. The molecule has 0 spiro atoms. The maximum absolute atomic E-state index is 8.92. The van der Waals surface area contributed by atoms with Crippen LogP contribution in [0.3, 0.4) is 0 Å². The van der Waals surface area contributed by atoms with Gasteiger partial charge in [-0.05, 0) is 30.5 Å². The zero-order valence-corrected chi connectivity index (χ0v) is 10.0. The zero-order chi connectivity index (χ0) is 11.8. The quantitative estimate of drug-likeness (QED) is 0.745. The van der Waals surface area contributed by atoms with E-state index in [-0.39, 0.29) is 6.61 Å². The van der Waals surface area contributed by atoms with Crippen molar-refractivity contribution in [3.05, 3.63) is 30.2 Å². The summed E-state index contributed by atoms with van der Waals surface area (Å²) < 4.78 is 5.18. The maximum atomic E-state index is 8.92. The molecule has 0 amide bonds. The van der Waals surface area contributed by atoms with Crippen molar-refractivity contribution >= 4 is 6.08 Å². The second-order valence-corrected chi connectivity index (χ2v) is 4.19. The summed E-state index contributed by atoms with van der Waals surface area (Å²) in [7, 11) is 0. The van der Waals surface area contributed by atoms with Crippen molar-refractivity contribution in [1.82, 2.24) is 5.32 Å². The summed E-state index contributed by atoms with van der Waals surface area (Å²) in [5, 5.41) is 12.3. The smallest absolute Gasteiger partial charge is 0.126 e.